The second-order valence-electron chi connectivity index (χ2n) is 7.85. The summed E-state index contributed by atoms with van der Waals surface area (Å²) in [6, 6.07) is 13.3. The maximum Gasteiger partial charge on any atom is 0.130 e. The van der Waals surface area contributed by atoms with E-state index in [0.717, 1.165) is 34.4 Å². The van der Waals surface area contributed by atoms with Crippen molar-refractivity contribution in [2.75, 3.05) is 21.3 Å². The van der Waals surface area contributed by atoms with Crippen molar-refractivity contribution < 1.29 is 14.2 Å². The predicted octanol–water partition coefficient (Wildman–Crippen LogP) is 5.44. The van der Waals surface area contributed by atoms with Gasteiger partial charge in [0, 0.05) is 17.6 Å². The highest BCUT2D eigenvalue weighted by Crippen LogP contribution is 2.46. The summed E-state index contributed by atoms with van der Waals surface area (Å²) < 4.78 is 17.1. The monoisotopic (exact) mass is 391 g/mol. The zero-order valence-electron chi connectivity index (χ0n) is 18.1. The first-order valence-electron chi connectivity index (χ1n) is 10.1. The Morgan fingerprint density at radius 1 is 0.897 bits per heavy atom. The van der Waals surface area contributed by atoms with E-state index in [1.54, 1.807) is 21.3 Å². The van der Waals surface area contributed by atoms with Crippen LogP contribution in [0.25, 0.3) is 21.9 Å². The molecule has 4 rings (SSSR count). The molecule has 0 saturated carbocycles. The molecule has 0 bridgehead atoms. The van der Waals surface area contributed by atoms with Gasteiger partial charge in [0.1, 0.15) is 17.2 Å². The van der Waals surface area contributed by atoms with Crippen LogP contribution in [-0.4, -0.2) is 27.4 Å². The maximum atomic E-state index is 5.72. The van der Waals surface area contributed by atoms with Crippen molar-refractivity contribution in [2.24, 2.45) is 0 Å². The smallest absolute Gasteiger partial charge is 0.130 e. The molecule has 0 fully saturated rings. The predicted molar refractivity (Wildman–Crippen MR) is 118 cm³/mol. The summed E-state index contributed by atoms with van der Waals surface area (Å²) >= 11 is 0. The maximum absolute atomic E-state index is 5.72. The first kappa shape index (κ1) is 19.6. The summed E-state index contributed by atoms with van der Waals surface area (Å²) in [6.45, 7) is 6.61. The van der Waals surface area contributed by atoms with Crippen molar-refractivity contribution >= 4 is 10.8 Å². The molecule has 0 aliphatic carbocycles. The largest absolute Gasteiger partial charge is 0.496 e. The molecule has 0 unspecified atom stereocenters. The summed E-state index contributed by atoms with van der Waals surface area (Å²) in [5.74, 6) is 2.61. The van der Waals surface area contributed by atoms with E-state index in [4.69, 9.17) is 14.2 Å². The molecule has 1 aliphatic rings. The molecule has 2 atom stereocenters. The Morgan fingerprint density at radius 3 is 2.31 bits per heavy atom. The second-order valence-corrected chi connectivity index (χ2v) is 7.85. The lowest BCUT2D eigenvalue weighted by Gasteiger charge is -2.32. The van der Waals surface area contributed by atoms with Gasteiger partial charge >= 0.3 is 0 Å². The van der Waals surface area contributed by atoms with E-state index in [2.05, 4.69) is 50.4 Å². The van der Waals surface area contributed by atoms with Crippen molar-refractivity contribution in [3.05, 3.63) is 53.1 Å². The normalized spacial score (nSPS) is 18.4. The van der Waals surface area contributed by atoms with Crippen LogP contribution in [0.2, 0.25) is 0 Å². The van der Waals surface area contributed by atoms with E-state index in [1.807, 2.05) is 12.1 Å². The van der Waals surface area contributed by atoms with Gasteiger partial charge in [-0.3, -0.25) is 0 Å². The highest BCUT2D eigenvalue weighted by molar-refractivity contribution is 6.05. The number of nitrogens with one attached hydrogen (secondary N) is 1. The van der Waals surface area contributed by atoms with Gasteiger partial charge in [-0.25, -0.2) is 0 Å². The Balaban J connectivity index is 2.09. The molecule has 1 heterocycles. The fourth-order valence-electron chi connectivity index (χ4n) is 4.86. The van der Waals surface area contributed by atoms with Gasteiger partial charge in [-0.1, -0.05) is 18.2 Å². The Morgan fingerprint density at radius 2 is 1.62 bits per heavy atom. The quantitative estimate of drug-likeness (QED) is 0.643. The Bertz CT molecular complexity index is 1070. The standard InChI is InChI=1S/C25H29NO3/c1-14-12-22(29-6)25-18(8-7-9-20(25)27-4)23(14)17-10-11-21(28-5)24-16(3)26-15(2)13-19(17)24/h7-12,15-16,26H,13H2,1-6H3/t15-,16+/m1/s1. The summed E-state index contributed by atoms with van der Waals surface area (Å²) in [5.41, 5.74) is 6.31. The molecule has 3 aromatic carbocycles. The third-order valence-corrected chi connectivity index (χ3v) is 6.01. The average molecular weight is 392 g/mol. The van der Waals surface area contributed by atoms with E-state index < -0.39 is 0 Å². The molecule has 4 nitrogen and oxygen atoms in total. The van der Waals surface area contributed by atoms with Crippen molar-refractivity contribution in [3.63, 3.8) is 0 Å². The number of methoxy groups -OCH3 is 3. The zero-order valence-corrected chi connectivity index (χ0v) is 18.1. The molecular formula is C25H29NO3. The Labute approximate surface area is 172 Å². The van der Waals surface area contributed by atoms with Crippen LogP contribution in [0.3, 0.4) is 0 Å². The van der Waals surface area contributed by atoms with Gasteiger partial charge in [0.25, 0.3) is 0 Å². The Hall–Kier alpha value is -2.72. The topological polar surface area (TPSA) is 39.7 Å². The van der Waals surface area contributed by atoms with Crippen molar-refractivity contribution in [1.82, 2.24) is 5.32 Å². The minimum absolute atomic E-state index is 0.239. The van der Waals surface area contributed by atoms with Gasteiger partial charge in [-0.05, 0) is 73.0 Å². The minimum Gasteiger partial charge on any atom is -0.496 e. The van der Waals surface area contributed by atoms with Gasteiger partial charge in [0.05, 0.1) is 26.7 Å². The van der Waals surface area contributed by atoms with Gasteiger partial charge in [0.2, 0.25) is 0 Å². The average Bonchev–Trinajstić information content (AvgIpc) is 2.72. The third kappa shape index (κ3) is 3.12. The molecule has 1 aliphatic heterocycles. The van der Waals surface area contributed by atoms with E-state index in [1.165, 1.54) is 27.8 Å². The lowest BCUT2D eigenvalue weighted by Crippen LogP contribution is -2.36. The van der Waals surface area contributed by atoms with Crippen LogP contribution < -0.4 is 19.5 Å². The lowest BCUT2D eigenvalue weighted by atomic mass is 9.82. The summed E-state index contributed by atoms with van der Waals surface area (Å²) in [6.07, 6.45) is 0.961. The van der Waals surface area contributed by atoms with Crippen LogP contribution >= 0.6 is 0 Å². The number of rotatable bonds is 4. The summed E-state index contributed by atoms with van der Waals surface area (Å²) in [4.78, 5) is 0. The van der Waals surface area contributed by atoms with Crippen LogP contribution in [0.15, 0.2) is 36.4 Å². The molecule has 152 valence electrons. The summed E-state index contributed by atoms with van der Waals surface area (Å²) in [7, 11) is 5.17. The molecule has 4 heteroatoms. The van der Waals surface area contributed by atoms with Crippen LogP contribution in [0, 0.1) is 6.92 Å². The van der Waals surface area contributed by atoms with Crippen molar-refractivity contribution in [2.45, 2.75) is 39.3 Å². The highest BCUT2D eigenvalue weighted by atomic mass is 16.5. The molecule has 0 radical (unpaired) electrons. The van der Waals surface area contributed by atoms with Crippen LogP contribution in [0.4, 0.5) is 0 Å². The number of aryl methyl sites for hydroxylation is 1. The molecular weight excluding hydrogens is 362 g/mol. The number of fused-ring (bicyclic) bond motifs is 2. The van der Waals surface area contributed by atoms with E-state index in [-0.39, 0.29) is 6.04 Å². The zero-order chi connectivity index (χ0) is 20.7. The molecule has 0 spiro atoms. The summed E-state index contributed by atoms with van der Waals surface area (Å²) in [5, 5.41) is 5.81. The molecule has 1 N–H and O–H groups in total. The van der Waals surface area contributed by atoms with Crippen LogP contribution in [-0.2, 0) is 6.42 Å². The Kier molecular flexibility index (Phi) is 5.13. The minimum atomic E-state index is 0.239. The SMILES string of the molecule is COc1ccc(-c2c(C)cc(OC)c3c(OC)cccc23)c2c1[C@H](C)N[C@H](C)C2. The molecule has 0 saturated heterocycles. The fraction of sp³-hybridized carbons (Fsp3) is 0.360. The molecule has 3 aromatic rings. The number of ether oxygens (including phenoxy) is 3. The van der Waals surface area contributed by atoms with Crippen LogP contribution in [0.1, 0.15) is 36.6 Å². The lowest BCUT2D eigenvalue weighted by molar-refractivity contribution is 0.382. The van der Waals surface area contributed by atoms with Gasteiger partial charge < -0.3 is 19.5 Å². The van der Waals surface area contributed by atoms with Crippen LogP contribution in [0.5, 0.6) is 17.2 Å². The number of benzene rings is 3. The fourth-order valence-corrected chi connectivity index (χ4v) is 4.86. The van der Waals surface area contributed by atoms with Gasteiger partial charge in [-0.2, -0.15) is 0 Å². The molecule has 29 heavy (non-hydrogen) atoms. The van der Waals surface area contributed by atoms with E-state index in [0.29, 0.717) is 6.04 Å². The first-order valence-corrected chi connectivity index (χ1v) is 10.1. The number of hydrogen-bond donors (Lipinski definition) is 1. The van der Waals surface area contributed by atoms with Crippen molar-refractivity contribution in [1.29, 1.82) is 0 Å². The third-order valence-electron chi connectivity index (χ3n) is 6.01. The van der Waals surface area contributed by atoms with Gasteiger partial charge in [0.15, 0.2) is 0 Å². The first-order chi connectivity index (χ1) is 14.0. The number of hydrogen-bond acceptors (Lipinski definition) is 4. The van der Waals surface area contributed by atoms with E-state index in [9.17, 15) is 0 Å². The second kappa shape index (κ2) is 7.60. The molecule has 0 aromatic heterocycles. The van der Waals surface area contributed by atoms with Gasteiger partial charge in [-0.15, -0.1) is 0 Å². The van der Waals surface area contributed by atoms with E-state index >= 15 is 0 Å². The highest BCUT2D eigenvalue weighted by Gasteiger charge is 2.28. The van der Waals surface area contributed by atoms with Crippen molar-refractivity contribution in [3.8, 4) is 28.4 Å². The molecule has 0 amide bonds.